The molecule has 0 aromatic heterocycles. The Balaban J connectivity index is 2.18. The van der Waals surface area contributed by atoms with E-state index in [1.165, 1.54) is 38.5 Å². The maximum absolute atomic E-state index is 5.88. The lowest BCUT2D eigenvalue weighted by Gasteiger charge is -2.36. The molecule has 0 heterocycles. The summed E-state index contributed by atoms with van der Waals surface area (Å²) in [5.74, 6) is 0.906. The third-order valence-corrected chi connectivity index (χ3v) is 3.75. The monoisotopic (exact) mass is 212 g/mol. The van der Waals surface area contributed by atoms with Crippen LogP contribution in [0.25, 0.3) is 0 Å². The van der Waals surface area contributed by atoms with E-state index in [2.05, 4.69) is 27.7 Å². The fourth-order valence-corrected chi connectivity index (χ4v) is 2.49. The lowest BCUT2D eigenvalue weighted by molar-refractivity contribution is 0.00270. The van der Waals surface area contributed by atoms with E-state index in [1.807, 2.05) is 0 Å². The first-order valence-electron chi connectivity index (χ1n) is 6.65. The summed E-state index contributed by atoms with van der Waals surface area (Å²) in [5.41, 5.74) is 0.494. The Morgan fingerprint density at radius 1 is 1.07 bits per heavy atom. The topological polar surface area (TPSA) is 9.23 Å². The highest BCUT2D eigenvalue weighted by Gasteiger charge is 2.29. The van der Waals surface area contributed by atoms with Crippen LogP contribution in [0.4, 0.5) is 0 Å². The fourth-order valence-electron chi connectivity index (χ4n) is 2.49. The van der Waals surface area contributed by atoms with E-state index in [9.17, 15) is 0 Å². The van der Waals surface area contributed by atoms with Gasteiger partial charge in [0.2, 0.25) is 0 Å². The summed E-state index contributed by atoms with van der Waals surface area (Å²) in [6.07, 6.45) is 8.32. The first-order chi connectivity index (χ1) is 7.04. The number of ether oxygens (including phenoxy) is 1. The predicted octanol–water partition coefficient (Wildman–Crippen LogP) is 4.41. The van der Waals surface area contributed by atoms with Gasteiger partial charge in [0.25, 0.3) is 0 Å². The van der Waals surface area contributed by atoms with Crippen molar-refractivity contribution in [3.63, 3.8) is 0 Å². The molecule has 1 rings (SSSR count). The van der Waals surface area contributed by atoms with Crippen LogP contribution in [-0.4, -0.2) is 12.7 Å². The highest BCUT2D eigenvalue weighted by Crippen LogP contribution is 2.38. The molecule has 0 amide bonds. The molecule has 15 heavy (non-hydrogen) atoms. The molecule has 1 heteroatoms. The summed E-state index contributed by atoms with van der Waals surface area (Å²) in [4.78, 5) is 0. The molecular weight excluding hydrogens is 184 g/mol. The van der Waals surface area contributed by atoms with Crippen molar-refractivity contribution >= 4 is 0 Å². The number of hydrogen-bond donors (Lipinski definition) is 0. The molecule has 1 nitrogen and oxygen atoms in total. The minimum atomic E-state index is 0.494. The number of unbranched alkanes of at least 4 members (excludes halogenated alkanes) is 1. The van der Waals surface area contributed by atoms with Crippen LogP contribution in [0.1, 0.15) is 66.2 Å². The molecule has 0 spiro atoms. The summed E-state index contributed by atoms with van der Waals surface area (Å²) in [6.45, 7) is 10.3. The van der Waals surface area contributed by atoms with E-state index in [-0.39, 0.29) is 0 Å². The van der Waals surface area contributed by atoms with E-state index in [0.717, 1.165) is 12.5 Å². The molecule has 1 aliphatic rings. The quantitative estimate of drug-likeness (QED) is 0.627. The molecule has 0 bridgehead atoms. The third kappa shape index (κ3) is 4.55. The Labute approximate surface area is 95.6 Å². The lowest BCUT2D eigenvalue weighted by atomic mass is 9.72. The lowest BCUT2D eigenvalue weighted by Crippen LogP contribution is -2.29. The van der Waals surface area contributed by atoms with Crippen molar-refractivity contribution in [1.29, 1.82) is 0 Å². The summed E-state index contributed by atoms with van der Waals surface area (Å²) in [6, 6.07) is 0. The Hall–Kier alpha value is -0.0400. The average Bonchev–Trinajstić information content (AvgIpc) is 2.18. The maximum Gasteiger partial charge on any atom is 0.0575 e. The largest absolute Gasteiger partial charge is 0.378 e. The molecule has 90 valence electrons. The fraction of sp³-hybridized carbons (Fsp3) is 1.00. The van der Waals surface area contributed by atoms with Gasteiger partial charge < -0.3 is 4.74 Å². The summed E-state index contributed by atoms with van der Waals surface area (Å²) in [7, 11) is 0. The van der Waals surface area contributed by atoms with Crippen LogP contribution in [0.15, 0.2) is 0 Å². The molecular formula is C14H28O. The van der Waals surface area contributed by atoms with Gasteiger partial charge in [0.15, 0.2) is 0 Å². The Kier molecular flexibility index (Phi) is 5.11. The predicted molar refractivity (Wildman–Crippen MR) is 66.1 cm³/mol. The van der Waals surface area contributed by atoms with Crippen LogP contribution in [0.3, 0.4) is 0 Å². The van der Waals surface area contributed by atoms with Crippen LogP contribution in [0.2, 0.25) is 0 Å². The van der Waals surface area contributed by atoms with Crippen LogP contribution in [-0.2, 0) is 4.74 Å². The van der Waals surface area contributed by atoms with Gasteiger partial charge in [-0.1, -0.05) is 34.1 Å². The molecule has 0 aromatic rings. The van der Waals surface area contributed by atoms with Crippen molar-refractivity contribution in [2.75, 3.05) is 6.61 Å². The highest BCUT2D eigenvalue weighted by molar-refractivity contribution is 4.80. The van der Waals surface area contributed by atoms with Crippen molar-refractivity contribution in [3.05, 3.63) is 0 Å². The second kappa shape index (κ2) is 5.89. The molecule has 0 atom stereocenters. The van der Waals surface area contributed by atoms with Gasteiger partial charge in [-0.25, -0.2) is 0 Å². The normalized spacial score (nSPS) is 28.0. The summed E-state index contributed by atoms with van der Waals surface area (Å²) < 4.78 is 5.88. The van der Waals surface area contributed by atoms with Gasteiger partial charge in [0.05, 0.1) is 6.10 Å². The second-order valence-electron chi connectivity index (χ2n) is 6.06. The van der Waals surface area contributed by atoms with Crippen molar-refractivity contribution in [1.82, 2.24) is 0 Å². The summed E-state index contributed by atoms with van der Waals surface area (Å²) in [5, 5.41) is 0. The molecule has 0 aliphatic heterocycles. The van der Waals surface area contributed by atoms with E-state index in [1.54, 1.807) is 0 Å². The minimum Gasteiger partial charge on any atom is -0.378 e. The number of hydrogen-bond acceptors (Lipinski definition) is 1. The zero-order valence-electron chi connectivity index (χ0n) is 11.0. The van der Waals surface area contributed by atoms with E-state index in [4.69, 9.17) is 4.74 Å². The van der Waals surface area contributed by atoms with Crippen LogP contribution in [0, 0.1) is 11.3 Å². The van der Waals surface area contributed by atoms with Gasteiger partial charge in [-0.05, 0) is 43.4 Å². The third-order valence-electron chi connectivity index (χ3n) is 3.75. The Morgan fingerprint density at radius 2 is 1.67 bits per heavy atom. The standard InChI is InChI=1S/C14H28O/c1-5-6-11-15-13-9-7-12(8-10-13)14(2,3)4/h12-13H,5-11H2,1-4H3. The van der Waals surface area contributed by atoms with E-state index < -0.39 is 0 Å². The smallest absolute Gasteiger partial charge is 0.0575 e. The molecule has 1 aliphatic carbocycles. The zero-order valence-corrected chi connectivity index (χ0v) is 11.0. The van der Waals surface area contributed by atoms with E-state index in [0.29, 0.717) is 11.5 Å². The van der Waals surface area contributed by atoms with Gasteiger partial charge in [0.1, 0.15) is 0 Å². The van der Waals surface area contributed by atoms with Crippen molar-refractivity contribution in [2.45, 2.75) is 72.3 Å². The molecule has 0 saturated heterocycles. The first kappa shape index (κ1) is 13.0. The highest BCUT2D eigenvalue weighted by atomic mass is 16.5. The molecule has 0 unspecified atom stereocenters. The van der Waals surface area contributed by atoms with Gasteiger partial charge in [-0.15, -0.1) is 0 Å². The van der Waals surface area contributed by atoms with Crippen LogP contribution >= 0.6 is 0 Å². The van der Waals surface area contributed by atoms with Crippen molar-refractivity contribution < 1.29 is 4.74 Å². The van der Waals surface area contributed by atoms with Gasteiger partial charge in [-0.2, -0.15) is 0 Å². The Bertz CT molecular complexity index is 161. The van der Waals surface area contributed by atoms with Gasteiger partial charge >= 0.3 is 0 Å². The second-order valence-corrected chi connectivity index (χ2v) is 6.06. The molecule has 1 saturated carbocycles. The summed E-state index contributed by atoms with van der Waals surface area (Å²) >= 11 is 0. The maximum atomic E-state index is 5.88. The van der Waals surface area contributed by atoms with Crippen molar-refractivity contribution in [2.24, 2.45) is 11.3 Å². The van der Waals surface area contributed by atoms with Crippen LogP contribution < -0.4 is 0 Å². The van der Waals surface area contributed by atoms with Gasteiger partial charge in [-0.3, -0.25) is 0 Å². The average molecular weight is 212 g/mol. The number of rotatable bonds is 4. The Morgan fingerprint density at radius 3 is 2.13 bits per heavy atom. The van der Waals surface area contributed by atoms with Crippen molar-refractivity contribution in [3.8, 4) is 0 Å². The van der Waals surface area contributed by atoms with Gasteiger partial charge in [0, 0.05) is 6.61 Å². The zero-order chi connectivity index (χ0) is 11.3. The molecule has 0 aromatic carbocycles. The SMILES string of the molecule is CCCCOC1CCC(C(C)(C)C)CC1. The van der Waals surface area contributed by atoms with E-state index >= 15 is 0 Å². The molecule has 1 fully saturated rings. The first-order valence-corrected chi connectivity index (χ1v) is 6.65. The van der Waals surface area contributed by atoms with Crippen LogP contribution in [0.5, 0.6) is 0 Å². The minimum absolute atomic E-state index is 0.494. The molecule has 0 radical (unpaired) electrons. The molecule has 0 N–H and O–H groups in total.